The summed E-state index contributed by atoms with van der Waals surface area (Å²) in [5.41, 5.74) is 9.80. The lowest BCUT2D eigenvalue weighted by atomic mass is 9.83. The highest BCUT2D eigenvalue weighted by Crippen LogP contribution is 2.44. The number of hydrogen-bond donors (Lipinski definition) is 1. The van der Waals surface area contributed by atoms with E-state index >= 15 is 0 Å². The van der Waals surface area contributed by atoms with Crippen molar-refractivity contribution in [1.82, 2.24) is 0 Å². The molecule has 172 valence electrons. The first-order valence-electron chi connectivity index (χ1n) is 10.7. The first-order valence-corrected chi connectivity index (χ1v) is 10.7. The zero-order valence-electron chi connectivity index (χ0n) is 19.1. The number of benzene rings is 3. The van der Waals surface area contributed by atoms with Crippen molar-refractivity contribution in [1.29, 1.82) is 5.26 Å². The molecule has 1 aliphatic heterocycles. The minimum atomic E-state index is -0.552. The summed E-state index contributed by atoms with van der Waals surface area (Å²) in [5, 5.41) is 9.73. The molecule has 1 atom stereocenters. The van der Waals surface area contributed by atoms with E-state index < -0.39 is 11.9 Å². The van der Waals surface area contributed by atoms with Crippen LogP contribution in [0.15, 0.2) is 72.1 Å². The smallest absolute Gasteiger partial charge is 0.349 e. The molecule has 0 aromatic heterocycles. The molecule has 0 radical (unpaired) electrons. The van der Waals surface area contributed by atoms with Crippen LogP contribution in [0, 0.1) is 25.2 Å². The van der Waals surface area contributed by atoms with Gasteiger partial charge in [-0.25, -0.2) is 4.79 Å². The Balaban J connectivity index is 1.56. The molecule has 1 aliphatic rings. The largest absolute Gasteiger partial charge is 0.497 e. The molecule has 2 N–H and O–H groups in total. The number of aryl methyl sites for hydroxylation is 2. The van der Waals surface area contributed by atoms with Crippen molar-refractivity contribution in [3.8, 4) is 29.1 Å². The van der Waals surface area contributed by atoms with E-state index in [2.05, 4.69) is 6.07 Å². The third-order valence-electron chi connectivity index (χ3n) is 5.59. The SMILES string of the molecule is COc1cccc(C2C(C#N)=C(N)Oc3cc(OC(=O)COc4c(C)cccc4C)ccc32)c1. The van der Waals surface area contributed by atoms with Crippen LogP contribution < -0.4 is 24.7 Å². The Hall–Kier alpha value is -4.44. The second-order valence-corrected chi connectivity index (χ2v) is 7.88. The molecule has 0 bridgehead atoms. The van der Waals surface area contributed by atoms with Crippen LogP contribution >= 0.6 is 0 Å². The predicted molar refractivity (Wildman–Crippen MR) is 126 cm³/mol. The fraction of sp³-hybridized carbons (Fsp3) is 0.185. The van der Waals surface area contributed by atoms with Crippen molar-refractivity contribution in [3.05, 3.63) is 94.4 Å². The summed E-state index contributed by atoms with van der Waals surface area (Å²) in [7, 11) is 1.58. The van der Waals surface area contributed by atoms with Gasteiger partial charge in [0, 0.05) is 11.6 Å². The maximum absolute atomic E-state index is 12.4. The van der Waals surface area contributed by atoms with Gasteiger partial charge in [-0.05, 0) is 48.7 Å². The van der Waals surface area contributed by atoms with E-state index in [1.807, 2.05) is 56.3 Å². The Morgan fingerprint density at radius 3 is 2.50 bits per heavy atom. The molecule has 7 heteroatoms. The van der Waals surface area contributed by atoms with Crippen LogP contribution in [0.2, 0.25) is 0 Å². The lowest BCUT2D eigenvalue weighted by molar-refractivity contribution is -0.136. The van der Waals surface area contributed by atoms with Crippen LogP contribution in [0.4, 0.5) is 0 Å². The van der Waals surface area contributed by atoms with Gasteiger partial charge in [0.2, 0.25) is 5.88 Å². The minimum absolute atomic E-state index is 0.00431. The van der Waals surface area contributed by atoms with Gasteiger partial charge in [-0.1, -0.05) is 36.4 Å². The van der Waals surface area contributed by atoms with Crippen molar-refractivity contribution >= 4 is 5.97 Å². The van der Waals surface area contributed by atoms with Crippen molar-refractivity contribution < 1.29 is 23.7 Å². The van der Waals surface area contributed by atoms with Gasteiger partial charge in [-0.3, -0.25) is 0 Å². The highest BCUT2D eigenvalue weighted by Gasteiger charge is 2.31. The van der Waals surface area contributed by atoms with Crippen molar-refractivity contribution in [2.75, 3.05) is 13.7 Å². The van der Waals surface area contributed by atoms with Gasteiger partial charge < -0.3 is 24.7 Å². The number of methoxy groups -OCH3 is 1. The lowest BCUT2D eigenvalue weighted by Crippen LogP contribution is -2.22. The van der Waals surface area contributed by atoms with Gasteiger partial charge in [0.05, 0.1) is 13.0 Å². The quantitative estimate of drug-likeness (QED) is 0.430. The van der Waals surface area contributed by atoms with Crippen molar-refractivity contribution in [2.24, 2.45) is 5.73 Å². The summed E-state index contributed by atoms with van der Waals surface area (Å²) in [6, 6.07) is 20.3. The molecule has 0 spiro atoms. The van der Waals surface area contributed by atoms with Gasteiger partial charge in [0.25, 0.3) is 0 Å². The minimum Gasteiger partial charge on any atom is -0.497 e. The Labute approximate surface area is 197 Å². The van der Waals surface area contributed by atoms with Gasteiger partial charge in [-0.2, -0.15) is 5.26 Å². The summed E-state index contributed by atoms with van der Waals surface area (Å²) >= 11 is 0. The van der Waals surface area contributed by atoms with Crippen LogP contribution in [0.1, 0.15) is 28.2 Å². The molecule has 0 saturated carbocycles. The lowest BCUT2D eigenvalue weighted by Gasteiger charge is -2.27. The second-order valence-electron chi connectivity index (χ2n) is 7.88. The maximum atomic E-state index is 12.4. The van der Waals surface area contributed by atoms with E-state index in [0.29, 0.717) is 22.8 Å². The Morgan fingerprint density at radius 2 is 1.79 bits per heavy atom. The number of allylic oxidation sites excluding steroid dienone is 1. The fourth-order valence-electron chi connectivity index (χ4n) is 3.98. The normalized spacial score (nSPS) is 14.5. The molecule has 7 nitrogen and oxygen atoms in total. The number of carbonyl (C=O) groups excluding carboxylic acids is 1. The fourth-order valence-corrected chi connectivity index (χ4v) is 3.98. The highest BCUT2D eigenvalue weighted by molar-refractivity contribution is 5.74. The molecular weight excluding hydrogens is 432 g/mol. The molecular formula is C27H24N2O5. The third kappa shape index (κ3) is 4.52. The molecule has 0 fully saturated rings. The van der Waals surface area contributed by atoms with E-state index in [1.165, 1.54) is 0 Å². The average molecular weight is 456 g/mol. The molecule has 0 saturated heterocycles. The van der Waals surface area contributed by atoms with E-state index in [0.717, 1.165) is 22.3 Å². The zero-order valence-corrected chi connectivity index (χ0v) is 19.1. The van der Waals surface area contributed by atoms with E-state index in [9.17, 15) is 10.1 Å². The number of esters is 1. The number of ether oxygens (including phenoxy) is 4. The Kier molecular flexibility index (Phi) is 6.42. The number of hydrogen-bond acceptors (Lipinski definition) is 7. The van der Waals surface area contributed by atoms with E-state index in [4.69, 9.17) is 24.7 Å². The predicted octanol–water partition coefficient (Wildman–Crippen LogP) is 4.51. The van der Waals surface area contributed by atoms with Crippen LogP contribution in [-0.4, -0.2) is 19.7 Å². The Morgan fingerprint density at radius 1 is 1.06 bits per heavy atom. The van der Waals surface area contributed by atoms with Gasteiger partial charge >= 0.3 is 5.97 Å². The van der Waals surface area contributed by atoms with Crippen LogP contribution in [-0.2, 0) is 4.79 Å². The molecule has 0 aliphatic carbocycles. The summed E-state index contributed by atoms with van der Waals surface area (Å²) in [6.07, 6.45) is 0. The van der Waals surface area contributed by atoms with Gasteiger partial charge in [0.15, 0.2) is 6.61 Å². The molecule has 1 unspecified atom stereocenters. The third-order valence-corrected chi connectivity index (χ3v) is 5.59. The summed E-state index contributed by atoms with van der Waals surface area (Å²) < 4.78 is 22.2. The summed E-state index contributed by atoms with van der Waals surface area (Å²) in [6.45, 7) is 3.60. The van der Waals surface area contributed by atoms with Crippen LogP contribution in [0.5, 0.6) is 23.0 Å². The number of rotatable bonds is 6. The molecule has 0 amide bonds. The van der Waals surface area contributed by atoms with E-state index in [1.54, 1.807) is 25.3 Å². The standard InChI is InChI=1S/C27H24N2O5/c1-16-6-4-7-17(2)26(16)32-15-24(30)33-20-10-11-21-23(13-20)34-27(29)22(14-28)25(21)18-8-5-9-19(12-18)31-3/h4-13,25H,15,29H2,1-3H3. The number of nitriles is 1. The number of carbonyl (C=O) groups is 1. The molecule has 34 heavy (non-hydrogen) atoms. The topological polar surface area (TPSA) is 104 Å². The monoisotopic (exact) mass is 456 g/mol. The van der Waals surface area contributed by atoms with Crippen LogP contribution in [0.25, 0.3) is 0 Å². The van der Waals surface area contributed by atoms with Crippen LogP contribution in [0.3, 0.4) is 0 Å². The summed E-state index contributed by atoms with van der Waals surface area (Å²) in [4.78, 5) is 12.4. The second kappa shape index (κ2) is 9.59. The van der Waals surface area contributed by atoms with Crippen molar-refractivity contribution in [3.63, 3.8) is 0 Å². The molecule has 1 heterocycles. The average Bonchev–Trinajstić information content (AvgIpc) is 2.82. The number of fused-ring (bicyclic) bond motifs is 1. The summed E-state index contributed by atoms with van der Waals surface area (Å²) in [5.74, 6) is 1.03. The number of para-hydroxylation sites is 1. The maximum Gasteiger partial charge on any atom is 0.349 e. The zero-order chi connectivity index (χ0) is 24.2. The van der Waals surface area contributed by atoms with Gasteiger partial charge in [-0.15, -0.1) is 0 Å². The Bertz CT molecular complexity index is 1300. The molecule has 3 aromatic carbocycles. The highest BCUT2D eigenvalue weighted by atomic mass is 16.6. The molecule has 3 aromatic rings. The number of nitrogens with two attached hydrogens (primary N) is 1. The first kappa shape index (κ1) is 22.7. The molecule has 4 rings (SSSR count). The first-order chi connectivity index (χ1) is 16.4. The number of nitrogens with zero attached hydrogens (tertiary/aromatic N) is 1. The van der Waals surface area contributed by atoms with Gasteiger partial charge in [0.1, 0.15) is 34.6 Å². The van der Waals surface area contributed by atoms with Crippen molar-refractivity contribution in [2.45, 2.75) is 19.8 Å². The van der Waals surface area contributed by atoms with E-state index in [-0.39, 0.29) is 18.2 Å².